The number of non-ortho nitro benzene ring substituents is 1. The lowest BCUT2D eigenvalue weighted by atomic mass is 10.1. The lowest BCUT2D eigenvalue weighted by Gasteiger charge is -2.05. The molecule has 0 heterocycles. The Kier molecular flexibility index (Phi) is 5.30. The van der Waals surface area contributed by atoms with E-state index < -0.39 is 4.92 Å². The number of esters is 1. The van der Waals surface area contributed by atoms with Gasteiger partial charge in [0.1, 0.15) is 5.75 Å². The third-order valence-electron chi connectivity index (χ3n) is 2.44. The van der Waals surface area contributed by atoms with Crippen molar-refractivity contribution in [2.45, 2.75) is 33.1 Å². The normalized spacial score (nSPS) is 10.4. The molecule has 0 amide bonds. The van der Waals surface area contributed by atoms with Gasteiger partial charge in [0.25, 0.3) is 5.69 Å². The zero-order chi connectivity index (χ0) is 13.5. The van der Waals surface area contributed by atoms with Crippen LogP contribution >= 0.6 is 0 Å². The van der Waals surface area contributed by atoms with Gasteiger partial charge in [-0.05, 0) is 24.5 Å². The molecule has 5 nitrogen and oxygen atoms in total. The molecular formula is C13H17NO4. The summed E-state index contributed by atoms with van der Waals surface area (Å²) >= 11 is 0. The van der Waals surface area contributed by atoms with Crippen LogP contribution in [0.2, 0.25) is 0 Å². The van der Waals surface area contributed by atoms with E-state index in [0.717, 1.165) is 12.8 Å². The molecular weight excluding hydrogens is 234 g/mol. The Morgan fingerprint density at radius 1 is 1.33 bits per heavy atom. The van der Waals surface area contributed by atoms with Crippen molar-refractivity contribution in [1.82, 2.24) is 0 Å². The van der Waals surface area contributed by atoms with Crippen LogP contribution in [0.25, 0.3) is 0 Å². The summed E-state index contributed by atoms with van der Waals surface area (Å²) in [6, 6.07) is 5.49. The lowest BCUT2D eigenvalue weighted by Crippen LogP contribution is -2.08. The van der Waals surface area contributed by atoms with Crippen LogP contribution < -0.4 is 4.74 Å². The summed E-state index contributed by atoms with van der Waals surface area (Å²) in [6.45, 7) is 4.20. The average molecular weight is 251 g/mol. The molecule has 0 aliphatic carbocycles. The van der Waals surface area contributed by atoms with Gasteiger partial charge in [-0.2, -0.15) is 0 Å². The van der Waals surface area contributed by atoms with Crippen LogP contribution in [0.3, 0.4) is 0 Å². The monoisotopic (exact) mass is 251 g/mol. The summed E-state index contributed by atoms with van der Waals surface area (Å²) in [5.74, 6) is 0.608. The number of carbonyl (C=O) groups excluding carboxylic acids is 1. The molecule has 0 bridgehead atoms. The summed E-state index contributed by atoms with van der Waals surface area (Å²) in [5, 5.41) is 10.4. The lowest BCUT2D eigenvalue weighted by molar-refractivity contribution is -0.384. The highest BCUT2D eigenvalue weighted by atomic mass is 16.6. The smallest absolute Gasteiger partial charge is 0.311 e. The van der Waals surface area contributed by atoms with Crippen LogP contribution in [0.5, 0.6) is 5.75 Å². The van der Waals surface area contributed by atoms with Gasteiger partial charge in [-0.25, -0.2) is 0 Å². The summed E-state index contributed by atoms with van der Waals surface area (Å²) in [7, 11) is 0. The molecule has 0 aliphatic heterocycles. The van der Waals surface area contributed by atoms with Crippen molar-refractivity contribution in [3.8, 4) is 5.75 Å². The molecule has 0 aliphatic rings. The number of hydrogen-bond donors (Lipinski definition) is 0. The minimum Gasteiger partial charge on any atom is -0.427 e. The van der Waals surface area contributed by atoms with Crippen LogP contribution in [0.1, 0.15) is 33.1 Å². The van der Waals surface area contributed by atoms with Crippen molar-refractivity contribution in [2.24, 2.45) is 5.92 Å². The van der Waals surface area contributed by atoms with E-state index in [1.54, 1.807) is 0 Å². The number of nitro benzene ring substituents is 1. The Bertz CT molecular complexity index is 412. The first-order valence-electron chi connectivity index (χ1n) is 5.94. The van der Waals surface area contributed by atoms with Crippen LogP contribution in [0, 0.1) is 16.0 Å². The minimum atomic E-state index is -0.492. The molecule has 98 valence electrons. The molecule has 0 radical (unpaired) electrons. The Hall–Kier alpha value is -1.91. The maximum Gasteiger partial charge on any atom is 0.311 e. The van der Waals surface area contributed by atoms with Crippen molar-refractivity contribution in [2.75, 3.05) is 0 Å². The zero-order valence-corrected chi connectivity index (χ0v) is 10.6. The average Bonchev–Trinajstić information content (AvgIpc) is 2.29. The number of nitrogens with zero attached hydrogens (tertiary/aromatic N) is 1. The van der Waals surface area contributed by atoms with Gasteiger partial charge in [0, 0.05) is 18.6 Å². The maximum atomic E-state index is 11.5. The van der Waals surface area contributed by atoms with E-state index >= 15 is 0 Å². The van der Waals surface area contributed by atoms with Gasteiger partial charge < -0.3 is 4.74 Å². The minimum absolute atomic E-state index is 0.0189. The zero-order valence-electron chi connectivity index (χ0n) is 10.6. The first kappa shape index (κ1) is 14.2. The molecule has 5 heteroatoms. The van der Waals surface area contributed by atoms with E-state index in [4.69, 9.17) is 4.74 Å². The number of rotatable bonds is 6. The molecule has 0 spiro atoms. The molecule has 1 aromatic carbocycles. The molecule has 1 aromatic rings. The van der Waals surface area contributed by atoms with Gasteiger partial charge in [-0.3, -0.25) is 14.9 Å². The van der Waals surface area contributed by atoms with Crippen molar-refractivity contribution in [1.29, 1.82) is 0 Å². The number of hydrogen-bond acceptors (Lipinski definition) is 4. The third-order valence-corrected chi connectivity index (χ3v) is 2.44. The van der Waals surface area contributed by atoms with Gasteiger partial charge in [0.05, 0.1) is 4.92 Å². The summed E-state index contributed by atoms with van der Waals surface area (Å²) in [6.07, 6.45) is 2.15. The van der Waals surface area contributed by atoms with E-state index in [1.165, 1.54) is 24.3 Å². The van der Waals surface area contributed by atoms with Crippen LogP contribution in [0.4, 0.5) is 5.69 Å². The molecule has 1 rings (SSSR count). The molecule has 0 atom stereocenters. The number of ether oxygens (including phenoxy) is 1. The van der Waals surface area contributed by atoms with Crippen LogP contribution in [-0.4, -0.2) is 10.9 Å². The third kappa shape index (κ3) is 4.95. The summed E-state index contributed by atoms with van der Waals surface area (Å²) < 4.78 is 5.07. The summed E-state index contributed by atoms with van der Waals surface area (Å²) in [5.41, 5.74) is -0.0189. The van der Waals surface area contributed by atoms with Gasteiger partial charge in [-0.15, -0.1) is 0 Å². The van der Waals surface area contributed by atoms with Gasteiger partial charge in [0.2, 0.25) is 0 Å². The molecule has 0 unspecified atom stereocenters. The predicted octanol–water partition coefficient (Wildman–Crippen LogP) is 3.33. The standard InChI is InChI=1S/C13H17NO4/c1-10(2)4-3-5-13(15)18-12-8-6-11(7-9-12)14(16)17/h6-10H,3-5H2,1-2H3. The fraction of sp³-hybridized carbons (Fsp3) is 0.462. The maximum absolute atomic E-state index is 11.5. The molecule has 0 saturated carbocycles. The Morgan fingerprint density at radius 2 is 1.94 bits per heavy atom. The number of nitro groups is 1. The van der Waals surface area contributed by atoms with Crippen LogP contribution in [0.15, 0.2) is 24.3 Å². The highest BCUT2D eigenvalue weighted by molar-refractivity contribution is 5.72. The molecule has 0 N–H and O–H groups in total. The van der Waals surface area contributed by atoms with Crippen molar-refractivity contribution < 1.29 is 14.5 Å². The largest absolute Gasteiger partial charge is 0.427 e. The van der Waals surface area contributed by atoms with E-state index in [0.29, 0.717) is 18.1 Å². The fourth-order valence-electron chi connectivity index (χ4n) is 1.47. The molecule has 0 aromatic heterocycles. The van der Waals surface area contributed by atoms with E-state index in [2.05, 4.69) is 13.8 Å². The highest BCUT2D eigenvalue weighted by Crippen LogP contribution is 2.18. The quantitative estimate of drug-likeness (QED) is 0.336. The van der Waals surface area contributed by atoms with Crippen molar-refractivity contribution in [3.05, 3.63) is 34.4 Å². The highest BCUT2D eigenvalue weighted by Gasteiger charge is 2.08. The predicted molar refractivity (Wildman–Crippen MR) is 67.4 cm³/mol. The fourth-order valence-corrected chi connectivity index (χ4v) is 1.47. The van der Waals surface area contributed by atoms with E-state index in [1.807, 2.05) is 0 Å². The second kappa shape index (κ2) is 6.74. The first-order chi connectivity index (χ1) is 8.49. The Morgan fingerprint density at radius 3 is 2.44 bits per heavy atom. The number of benzene rings is 1. The molecule has 0 saturated heterocycles. The topological polar surface area (TPSA) is 69.4 Å². The number of carbonyl (C=O) groups is 1. The molecule has 18 heavy (non-hydrogen) atoms. The van der Waals surface area contributed by atoms with E-state index in [-0.39, 0.29) is 11.7 Å². The van der Waals surface area contributed by atoms with Gasteiger partial charge in [0.15, 0.2) is 0 Å². The second-order valence-corrected chi connectivity index (χ2v) is 4.51. The van der Waals surface area contributed by atoms with Crippen molar-refractivity contribution >= 4 is 11.7 Å². The van der Waals surface area contributed by atoms with Crippen molar-refractivity contribution in [3.63, 3.8) is 0 Å². The Labute approximate surface area is 106 Å². The second-order valence-electron chi connectivity index (χ2n) is 4.51. The van der Waals surface area contributed by atoms with Crippen LogP contribution in [-0.2, 0) is 4.79 Å². The van der Waals surface area contributed by atoms with Gasteiger partial charge >= 0.3 is 5.97 Å². The van der Waals surface area contributed by atoms with E-state index in [9.17, 15) is 14.9 Å². The molecule has 0 fully saturated rings. The Balaban J connectivity index is 2.42. The SMILES string of the molecule is CC(C)CCCC(=O)Oc1ccc([N+](=O)[O-])cc1. The first-order valence-corrected chi connectivity index (χ1v) is 5.94. The van der Waals surface area contributed by atoms with Gasteiger partial charge in [-0.1, -0.05) is 20.3 Å². The summed E-state index contributed by atoms with van der Waals surface area (Å²) in [4.78, 5) is 21.4.